The van der Waals surface area contributed by atoms with E-state index in [-0.39, 0.29) is 11.1 Å². The van der Waals surface area contributed by atoms with E-state index in [2.05, 4.69) is 63.2 Å². The maximum atomic E-state index is 11.6. The number of carbonyl (C=O) groups excluding carboxylic acids is 1. The molecule has 0 spiro atoms. The van der Waals surface area contributed by atoms with E-state index in [0.717, 1.165) is 54.7 Å². The van der Waals surface area contributed by atoms with Crippen LogP contribution in [0.1, 0.15) is 77.1 Å². The van der Waals surface area contributed by atoms with Crippen LogP contribution >= 0.6 is 0 Å². The van der Waals surface area contributed by atoms with Crippen LogP contribution in [0, 0.1) is 11.3 Å². The number of aromatic nitrogens is 3. The minimum absolute atomic E-state index is 0.0458. The number of rotatable bonds is 11. The van der Waals surface area contributed by atoms with Gasteiger partial charge >= 0.3 is 7.41 Å². The smallest absolute Gasteiger partial charge is 0.329 e. The van der Waals surface area contributed by atoms with Crippen molar-refractivity contribution in [2.24, 2.45) is 0 Å². The Hall–Kier alpha value is -3.79. The molecule has 1 saturated heterocycles. The Bertz CT molecular complexity index is 1650. The molecule has 4 heterocycles. The lowest BCUT2D eigenvalue weighted by atomic mass is 9.83. The minimum Gasteiger partial charge on any atom is -0.473 e. The highest BCUT2D eigenvalue weighted by Gasteiger charge is 2.44. The minimum atomic E-state index is -2.07. The summed E-state index contributed by atoms with van der Waals surface area (Å²) in [6, 6.07) is 12.1. The fourth-order valence-electron chi connectivity index (χ4n) is 5.84. The number of anilines is 3. The molecule has 247 valence electrons. The Labute approximate surface area is 280 Å². The van der Waals surface area contributed by atoms with Crippen LogP contribution in [0.4, 0.5) is 17.3 Å². The number of hydrogen-bond acceptors (Lipinski definition) is 10. The molecule has 2 aliphatic heterocycles. The first-order valence-corrected chi connectivity index (χ1v) is 19.3. The third kappa shape index (κ3) is 7.53. The predicted molar refractivity (Wildman–Crippen MR) is 189 cm³/mol. The zero-order chi connectivity index (χ0) is 34.0. The lowest BCUT2D eigenvalue weighted by Crippen LogP contribution is -2.46. The zero-order valence-electron chi connectivity index (χ0n) is 28.9. The van der Waals surface area contributed by atoms with Gasteiger partial charge in [-0.3, -0.25) is 0 Å². The van der Waals surface area contributed by atoms with Gasteiger partial charge in [0.05, 0.1) is 17.4 Å². The van der Waals surface area contributed by atoms with Gasteiger partial charge in [-0.15, -0.1) is 0 Å². The van der Waals surface area contributed by atoms with Crippen molar-refractivity contribution in [1.29, 1.82) is 5.26 Å². The molecule has 47 heavy (non-hydrogen) atoms. The highest BCUT2D eigenvalue weighted by Crippen LogP contribution is 2.46. The van der Waals surface area contributed by atoms with Gasteiger partial charge in [-0.05, 0) is 80.7 Å². The van der Waals surface area contributed by atoms with Crippen LogP contribution in [0.3, 0.4) is 0 Å². The maximum absolute atomic E-state index is 11.6. The second-order valence-corrected chi connectivity index (χ2v) is 19.4. The summed E-state index contributed by atoms with van der Waals surface area (Å²) in [6.45, 7) is 19.7. The molecular formula is C35H46BN6O4Si. The first-order valence-electron chi connectivity index (χ1n) is 16.4. The van der Waals surface area contributed by atoms with Crippen LogP contribution in [-0.4, -0.2) is 69.3 Å². The molecule has 10 nitrogen and oxygen atoms in total. The summed E-state index contributed by atoms with van der Waals surface area (Å²) in [5.74, 6) is 1.22. The number of hydrogen-bond donors (Lipinski definition) is 1. The van der Waals surface area contributed by atoms with Gasteiger partial charge in [0.25, 0.3) is 0 Å². The van der Waals surface area contributed by atoms with Gasteiger partial charge in [-0.2, -0.15) is 5.26 Å². The maximum Gasteiger partial charge on any atom is 0.329 e. The molecule has 1 N–H and O–H groups in total. The van der Waals surface area contributed by atoms with Crippen LogP contribution < -0.4 is 14.9 Å². The summed E-state index contributed by atoms with van der Waals surface area (Å²) >= 11 is 0. The fraction of sp³-hybridized carbons (Fsp3) is 0.514. The van der Waals surface area contributed by atoms with Crippen molar-refractivity contribution >= 4 is 39.2 Å². The van der Waals surface area contributed by atoms with Crippen molar-refractivity contribution < 1.29 is 18.7 Å². The average Bonchev–Trinajstić information content (AvgIpc) is 3.32. The highest BCUT2D eigenvalue weighted by atomic mass is 28.4. The molecule has 0 unspecified atom stereocenters. The number of nitriles is 1. The third-order valence-electron chi connectivity index (χ3n) is 9.55. The van der Waals surface area contributed by atoms with E-state index in [4.69, 9.17) is 23.9 Å². The molecule has 12 heteroatoms. The summed E-state index contributed by atoms with van der Waals surface area (Å²) in [6.07, 6.45) is 4.27. The quantitative estimate of drug-likeness (QED) is 0.176. The van der Waals surface area contributed by atoms with E-state index < -0.39 is 13.7 Å². The molecule has 1 atom stereocenters. The zero-order valence-corrected chi connectivity index (χ0v) is 29.9. The van der Waals surface area contributed by atoms with Crippen LogP contribution in [0.2, 0.25) is 18.1 Å². The topological polar surface area (TPSA) is 122 Å². The van der Waals surface area contributed by atoms with Gasteiger partial charge < -0.3 is 28.8 Å². The fourth-order valence-corrected chi connectivity index (χ4v) is 6.95. The van der Waals surface area contributed by atoms with Gasteiger partial charge in [-0.25, -0.2) is 15.0 Å². The molecule has 1 aromatic carbocycles. The van der Waals surface area contributed by atoms with Crippen LogP contribution in [-0.2, 0) is 19.4 Å². The molecule has 2 aromatic heterocycles. The second-order valence-electron chi connectivity index (χ2n) is 14.6. The normalized spacial score (nSPS) is 18.5. The number of nitrogens with one attached hydrogen (secondary N) is 1. The van der Waals surface area contributed by atoms with Crippen molar-refractivity contribution in [2.75, 3.05) is 36.5 Å². The van der Waals surface area contributed by atoms with Crippen molar-refractivity contribution in [3.8, 4) is 23.2 Å². The predicted octanol–water partition coefficient (Wildman–Crippen LogP) is 6.74. The third-order valence-corrected chi connectivity index (χ3v) is 14.0. The summed E-state index contributed by atoms with van der Waals surface area (Å²) < 4.78 is 18.4. The number of pyridine rings is 1. The Kier molecular flexibility index (Phi) is 10.1. The van der Waals surface area contributed by atoms with Crippen LogP contribution in [0.5, 0.6) is 5.88 Å². The largest absolute Gasteiger partial charge is 0.473 e. The number of fused-ring (bicyclic) bond motifs is 1. The van der Waals surface area contributed by atoms with Crippen molar-refractivity contribution in [3.05, 3.63) is 53.3 Å². The van der Waals surface area contributed by atoms with Crippen LogP contribution in [0.25, 0.3) is 11.3 Å². The first-order chi connectivity index (χ1) is 22.2. The molecule has 0 amide bonds. The monoisotopic (exact) mass is 653 g/mol. The van der Waals surface area contributed by atoms with Gasteiger partial charge in [0.1, 0.15) is 17.9 Å². The summed E-state index contributed by atoms with van der Waals surface area (Å²) in [5.41, 5.74) is 4.82. The van der Waals surface area contributed by atoms with E-state index in [1.807, 2.05) is 42.9 Å². The van der Waals surface area contributed by atoms with E-state index in [1.165, 1.54) is 7.41 Å². The molecule has 3 aromatic rings. The second kappa shape index (κ2) is 13.7. The number of nitrogens with zero attached hydrogens (tertiary/aromatic N) is 5. The molecular weight excluding hydrogens is 607 g/mol. The molecule has 1 fully saturated rings. The Balaban J connectivity index is 1.49. The Morgan fingerprint density at radius 2 is 1.96 bits per heavy atom. The lowest BCUT2D eigenvalue weighted by Gasteiger charge is -2.39. The van der Waals surface area contributed by atoms with Gasteiger partial charge in [0, 0.05) is 60.8 Å². The van der Waals surface area contributed by atoms with Gasteiger partial charge in [0.2, 0.25) is 11.8 Å². The number of benzene rings is 1. The molecule has 1 radical (unpaired) electrons. The van der Waals surface area contributed by atoms with E-state index in [0.29, 0.717) is 47.8 Å². The van der Waals surface area contributed by atoms with Crippen molar-refractivity contribution in [2.45, 2.75) is 90.0 Å². The first kappa shape index (κ1) is 34.5. The number of ether oxygens (including phenoxy) is 2. The van der Waals surface area contributed by atoms with E-state index in [9.17, 15) is 10.1 Å². The standard InChI is InChI=1S/C35H46BN6O4Si/c1-23(2)46-32-30(10-9-28(39-32)24-12-15-44-16-13-24)41-33-38-14-11-29(40-33)25-17-26(19-37)31-27(18-25)35(6,20-42(31)36-22-43)21-45-47(7,8)34(3,4)5/h9-11,14,17-18,22-24H,12-13,15-16,20-21H2,1-8H3,(H,38,40,41)/t35-/m1/s1. The molecule has 0 aliphatic carbocycles. The van der Waals surface area contributed by atoms with E-state index >= 15 is 0 Å². The number of carbonyl (C=O) groups is 1. The summed E-state index contributed by atoms with van der Waals surface area (Å²) in [7, 11) is -0.565. The summed E-state index contributed by atoms with van der Waals surface area (Å²) in [5, 5.41) is 13.7. The average molecular weight is 654 g/mol. The van der Waals surface area contributed by atoms with Crippen LogP contribution in [0.15, 0.2) is 36.5 Å². The molecule has 0 saturated carbocycles. The molecule has 2 aliphatic rings. The summed E-state index contributed by atoms with van der Waals surface area (Å²) in [4.78, 5) is 27.8. The molecule has 0 bridgehead atoms. The van der Waals surface area contributed by atoms with Gasteiger partial charge in [0.15, 0.2) is 8.32 Å². The Morgan fingerprint density at radius 3 is 2.62 bits per heavy atom. The highest BCUT2D eigenvalue weighted by molar-refractivity contribution is 6.74. The van der Waals surface area contributed by atoms with Gasteiger partial charge in [-0.1, -0.05) is 27.7 Å². The van der Waals surface area contributed by atoms with Crippen molar-refractivity contribution in [1.82, 2.24) is 15.0 Å². The Morgan fingerprint density at radius 1 is 1.21 bits per heavy atom. The van der Waals surface area contributed by atoms with E-state index in [1.54, 1.807) is 6.20 Å². The molecule has 5 rings (SSSR count). The lowest BCUT2D eigenvalue weighted by molar-refractivity contribution is 0.0842. The van der Waals surface area contributed by atoms with Crippen molar-refractivity contribution in [3.63, 3.8) is 0 Å². The SMILES string of the molecule is CC(C)Oc1nc(C2CCOCC2)ccc1Nc1nccc(-c2cc(C#N)c3c(c2)[C@@](C)(CO[Si](C)(C)C(C)(C)C)CN3[B]C=O)n1.